The number of anilines is 1. The van der Waals surface area contributed by atoms with Crippen molar-refractivity contribution in [2.24, 2.45) is 0 Å². The van der Waals surface area contributed by atoms with Gasteiger partial charge in [0.15, 0.2) is 0 Å². The molecule has 84 valence electrons. The largest absolute Gasteiger partial charge is 0.466 e. The summed E-state index contributed by atoms with van der Waals surface area (Å²) in [7, 11) is 2.12. The SMILES string of the molecule is CN1c2ccncc2C2C=Cc3ccoc3C21. The van der Waals surface area contributed by atoms with Crippen molar-refractivity contribution in [1.82, 2.24) is 4.98 Å². The van der Waals surface area contributed by atoms with Gasteiger partial charge in [-0.25, -0.2) is 0 Å². The summed E-state index contributed by atoms with van der Waals surface area (Å²) in [5, 5.41) is 0. The summed E-state index contributed by atoms with van der Waals surface area (Å²) in [6, 6.07) is 4.38. The zero-order chi connectivity index (χ0) is 11.4. The van der Waals surface area contributed by atoms with E-state index in [1.807, 2.05) is 18.5 Å². The lowest BCUT2D eigenvalue weighted by molar-refractivity contribution is 0.447. The van der Waals surface area contributed by atoms with Crippen molar-refractivity contribution < 1.29 is 4.42 Å². The fourth-order valence-corrected chi connectivity index (χ4v) is 3.00. The molecule has 3 nitrogen and oxygen atoms in total. The summed E-state index contributed by atoms with van der Waals surface area (Å²) in [5.41, 5.74) is 3.74. The van der Waals surface area contributed by atoms with Gasteiger partial charge in [-0.3, -0.25) is 4.98 Å². The first-order valence-electron chi connectivity index (χ1n) is 5.78. The van der Waals surface area contributed by atoms with Gasteiger partial charge in [0.1, 0.15) is 5.76 Å². The molecule has 1 aliphatic heterocycles. The van der Waals surface area contributed by atoms with E-state index in [9.17, 15) is 0 Å². The number of rotatable bonds is 0. The smallest absolute Gasteiger partial charge is 0.134 e. The minimum atomic E-state index is 0.282. The number of nitrogens with zero attached hydrogens (tertiary/aromatic N) is 2. The first-order chi connectivity index (χ1) is 8.36. The van der Waals surface area contributed by atoms with E-state index >= 15 is 0 Å². The molecule has 0 N–H and O–H groups in total. The number of hydrogen-bond acceptors (Lipinski definition) is 3. The normalized spacial score (nSPS) is 24.4. The third-order valence-electron chi connectivity index (χ3n) is 3.80. The Bertz CT molecular complexity index is 614. The van der Waals surface area contributed by atoms with E-state index in [4.69, 9.17) is 4.42 Å². The second-order valence-corrected chi connectivity index (χ2v) is 4.62. The molecule has 0 amide bonds. The molecule has 0 bridgehead atoms. The molecule has 17 heavy (non-hydrogen) atoms. The number of hydrogen-bond donors (Lipinski definition) is 0. The van der Waals surface area contributed by atoms with Crippen LogP contribution < -0.4 is 4.90 Å². The first kappa shape index (κ1) is 9.05. The van der Waals surface area contributed by atoms with Crippen LogP contribution in [0.2, 0.25) is 0 Å². The van der Waals surface area contributed by atoms with Crippen molar-refractivity contribution in [2.45, 2.75) is 12.0 Å². The second kappa shape index (κ2) is 3.00. The molecular formula is C14H12N2O. The highest BCUT2D eigenvalue weighted by atomic mass is 16.3. The van der Waals surface area contributed by atoms with Crippen LogP contribution in [0.15, 0.2) is 41.3 Å². The Hall–Kier alpha value is -2.03. The van der Waals surface area contributed by atoms with Gasteiger partial charge >= 0.3 is 0 Å². The third kappa shape index (κ3) is 1.04. The Morgan fingerprint density at radius 2 is 2.29 bits per heavy atom. The van der Waals surface area contributed by atoms with Crippen LogP contribution in [-0.4, -0.2) is 12.0 Å². The average Bonchev–Trinajstić information content (AvgIpc) is 2.93. The van der Waals surface area contributed by atoms with Gasteiger partial charge in [-0.2, -0.15) is 0 Å². The predicted molar refractivity (Wildman–Crippen MR) is 65.9 cm³/mol. The minimum absolute atomic E-state index is 0.282. The summed E-state index contributed by atoms with van der Waals surface area (Å²) in [6.45, 7) is 0. The molecule has 0 saturated heterocycles. The molecule has 0 spiro atoms. The Balaban J connectivity index is 1.95. The quantitative estimate of drug-likeness (QED) is 0.689. The van der Waals surface area contributed by atoms with Crippen LogP contribution in [0.4, 0.5) is 5.69 Å². The molecule has 1 aliphatic carbocycles. The molecular weight excluding hydrogens is 212 g/mol. The van der Waals surface area contributed by atoms with Crippen molar-refractivity contribution in [1.29, 1.82) is 0 Å². The standard InChI is InChI=1S/C14H12N2O/c1-16-12-4-6-15-8-11(12)10-3-2-9-5-7-17-14(9)13(10)16/h2-8,10,13H,1H3. The number of furan rings is 1. The van der Waals surface area contributed by atoms with Crippen molar-refractivity contribution in [2.75, 3.05) is 11.9 Å². The van der Waals surface area contributed by atoms with E-state index in [1.54, 1.807) is 6.26 Å². The molecule has 2 unspecified atom stereocenters. The Morgan fingerprint density at radius 3 is 3.24 bits per heavy atom. The molecule has 0 saturated carbocycles. The van der Waals surface area contributed by atoms with E-state index in [2.05, 4.69) is 35.1 Å². The van der Waals surface area contributed by atoms with E-state index < -0.39 is 0 Å². The van der Waals surface area contributed by atoms with Gasteiger partial charge in [-0.15, -0.1) is 0 Å². The fraction of sp³-hybridized carbons (Fsp3) is 0.214. The molecule has 2 aromatic rings. The molecule has 2 aliphatic rings. The lowest BCUT2D eigenvalue weighted by Crippen LogP contribution is -2.23. The number of fused-ring (bicyclic) bond motifs is 5. The lowest BCUT2D eigenvalue weighted by Gasteiger charge is -2.26. The van der Waals surface area contributed by atoms with Crippen molar-refractivity contribution >= 4 is 11.8 Å². The first-order valence-corrected chi connectivity index (χ1v) is 5.78. The molecule has 2 aromatic heterocycles. The maximum Gasteiger partial charge on any atom is 0.134 e. The van der Waals surface area contributed by atoms with E-state index in [1.165, 1.54) is 16.8 Å². The minimum Gasteiger partial charge on any atom is -0.466 e. The Kier molecular flexibility index (Phi) is 1.60. The number of aromatic nitrogens is 1. The van der Waals surface area contributed by atoms with Gasteiger partial charge in [0.25, 0.3) is 0 Å². The monoisotopic (exact) mass is 224 g/mol. The highest BCUT2D eigenvalue weighted by Crippen LogP contribution is 2.51. The molecule has 0 fully saturated rings. The Morgan fingerprint density at radius 1 is 1.35 bits per heavy atom. The fourth-order valence-electron chi connectivity index (χ4n) is 3.00. The summed E-state index contributed by atoms with van der Waals surface area (Å²) >= 11 is 0. The van der Waals surface area contributed by atoms with Crippen LogP contribution in [0, 0.1) is 0 Å². The van der Waals surface area contributed by atoms with Crippen LogP contribution in [0.5, 0.6) is 0 Å². The summed E-state index contributed by atoms with van der Waals surface area (Å²) < 4.78 is 5.66. The third-order valence-corrected chi connectivity index (χ3v) is 3.80. The van der Waals surface area contributed by atoms with Crippen molar-refractivity contribution in [3.8, 4) is 0 Å². The molecule has 0 radical (unpaired) electrons. The second-order valence-electron chi connectivity index (χ2n) is 4.62. The van der Waals surface area contributed by atoms with Gasteiger partial charge in [0, 0.05) is 42.2 Å². The summed E-state index contributed by atoms with van der Waals surface area (Å²) in [4.78, 5) is 6.52. The zero-order valence-electron chi connectivity index (χ0n) is 9.50. The van der Waals surface area contributed by atoms with Gasteiger partial charge in [0.2, 0.25) is 0 Å². The maximum absolute atomic E-state index is 5.66. The van der Waals surface area contributed by atoms with E-state index in [0.29, 0.717) is 5.92 Å². The van der Waals surface area contributed by atoms with Gasteiger partial charge < -0.3 is 9.32 Å². The van der Waals surface area contributed by atoms with Gasteiger partial charge in [0.05, 0.1) is 12.3 Å². The van der Waals surface area contributed by atoms with Gasteiger partial charge in [-0.1, -0.05) is 12.2 Å². The Labute approximate surface area is 99.4 Å². The summed E-state index contributed by atoms with van der Waals surface area (Å²) in [5.74, 6) is 1.43. The van der Waals surface area contributed by atoms with Crippen LogP contribution in [-0.2, 0) is 0 Å². The number of pyridine rings is 1. The van der Waals surface area contributed by atoms with E-state index in [0.717, 1.165) is 5.76 Å². The molecule has 0 aromatic carbocycles. The predicted octanol–water partition coefficient (Wildman–Crippen LogP) is 2.98. The highest BCUT2D eigenvalue weighted by molar-refractivity contribution is 5.69. The van der Waals surface area contributed by atoms with Crippen molar-refractivity contribution in [3.63, 3.8) is 0 Å². The van der Waals surface area contributed by atoms with Crippen LogP contribution >= 0.6 is 0 Å². The zero-order valence-corrected chi connectivity index (χ0v) is 9.50. The van der Waals surface area contributed by atoms with E-state index in [-0.39, 0.29) is 6.04 Å². The topological polar surface area (TPSA) is 29.3 Å². The average molecular weight is 224 g/mol. The van der Waals surface area contributed by atoms with Gasteiger partial charge in [-0.05, 0) is 12.1 Å². The van der Waals surface area contributed by atoms with Crippen LogP contribution in [0.3, 0.4) is 0 Å². The molecule has 3 heteroatoms. The number of likely N-dealkylation sites (N-methyl/N-ethyl adjacent to an activating group) is 1. The molecule has 4 rings (SSSR count). The van der Waals surface area contributed by atoms with Crippen LogP contribution in [0.25, 0.3) is 6.08 Å². The lowest BCUT2D eigenvalue weighted by atomic mass is 9.88. The highest BCUT2D eigenvalue weighted by Gasteiger charge is 2.40. The van der Waals surface area contributed by atoms with Crippen molar-refractivity contribution in [3.05, 3.63) is 53.8 Å². The maximum atomic E-state index is 5.66. The van der Waals surface area contributed by atoms with Crippen LogP contribution in [0.1, 0.15) is 28.8 Å². The molecule has 3 heterocycles. The summed E-state index contributed by atoms with van der Waals surface area (Å²) in [6.07, 6.45) is 9.99. The molecule has 2 atom stereocenters.